The highest BCUT2D eigenvalue weighted by molar-refractivity contribution is 6.24. The fourth-order valence-electron chi connectivity index (χ4n) is 1.71. The molecule has 12 heavy (non-hydrogen) atoms. The van der Waals surface area contributed by atoms with Gasteiger partial charge in [0.1, 0.15) is 5.76 Å². The third-order valence-electron chi connectivity index (χ3n) is 2.32. The molecule has 0 amide bonds. The van der Waals surface area contributed by atoms with Crippen molar-refractivity contribution in [2.45, 2.75) is 25.7 Å². The number of ketones is 1. The summed E-state index contributed by atoms with van der Waals surface area (Å²) >= 11 is 0. The second-order valence-corrected chi connectivity index (χ2v) is 3.18. The van der Waals surface area contributed by atoms with E-state index in [0.29, 0.717) is 18.4 Å². The SMILES string of the molecule is O=C1CCC(O)=C1C1=NCCC1. The van der Waals surface area contributed by atoms with Crippen LogP contribution in [0.5, 0.6) is 0 Å². The maximum absolute atomic E-state index is 11.3. The van der Waals surface area contributed by atoms with Gasteiger partial charge in [0.25, 0.3) is 0 Å². The number of hydrogen-bond donors (Lipinski definition) is 1. The van der Waals surface area contributed by atoms with Gasteiger partial charge in [-0.1, -0.05) is 0 Å². The lowest BCUT2D eigenvalue weighted by atomic mass is 10.1. The van der Waals surface area contributed by atoms with Crippen LogP contribution < -0.4 is 0 Å². The quantitative estimate of drug-likeness (QED) is 0.638. The topological polar surface area (TPSA) is 49.7 Å². The number of Topliss-reactive ketones (excluding diaryl/α,β-unsaturated/α-hetero) is 1. The van der Waals surface area contributed by atoms with Gasteiger partial charge in [0.2, 0.25) is 0 Å². The number of aliphatic imine (C=N–C) groups is 1. The Labute approximate surface area is 70.8 Å². The summed E-state index contributed by atoms with van der Waals surface area (Å²) in [7, 11) is 0. The minimum Gasteiger partial charge on any atom is -0.511 e. The molecule has 0 atom stereocenters. The van der Waals surface area contributed by atoms with Crippen molar-refractivity contribution >= 4 is 11.5 Å². The Hall–Kier alpha value is -1.12. The summed E-state index contributed by atoms with van der Waals surface area (Å²) in [4.78, 5) is 15.5. The highest BCUT2D eigenvalue weighted by Crippen LogP contribution is 2.25. The zero-order chi connectivity index (χ0) is 8.55. The summed E-state index contributed by atoms with van der Waals surface area (Å²) in [6.07, 6.45) is 2.83. The maximum atomic E-state index is 11.3. The molecule has 0 fully saturated rings. The molecule has 0 unspecified atom stereocenters. The summed E-state index contributed by atoms with van der Waals surface area (Å²) in [6.45, 7) is 0.805. The molecular formula is C9H11NO2. The van der Waals surface area contributed by atoms with Crippen LogP contribution in [0, 0.1) is 0 Å². The van der Waals surface area contributed by atoms with Gasteiger partial charge in [-0.15, -0.1) is 0 Å². The van der Waals surface area contributed by atoms with E-state index >= 15 is 0 Å². The maximum Gasteiger partial charge on any atom is 0.168 e. The smallest absolute Gasteiger partial charge is 0.168 e. The van der Waals surface area contributed by atoms with Crippen molar-refractivity contribution in [3.8, 4) is 0 Å². The molecule has 0 saturated heterocycles. The van der Waals surface area contributed by atoms with Gasteiger partial charge in [0.15, 0.2) is 5.78 Å². The second kappa shape index (κ2) is 2.73. The fourth-order valence-corrected chi connectivity index (χ4v) is 1.71. The Morgan fingerprint density at radius 1 is 1.25 bits per heavy atom. The Morgan fingerprint density at radius 3 is 2.58 bits per heavy atom. The fraction of sp³-hybridized carbons (Fsp3) is 0.556. The van der Waals surface area contributed by atoms with E-state index in [1.54, 1.807) is 0 Å². The number of hydrogen-bond acceptors (Lipinski definition) is 3. The van der Waals surface area contributed by atoms with E-state index in [9.17, 15) is 9.90 Å². The van der Waals surface area contributed by atoms with Crippen molar-refractivity contribution in [3.63, 3.8) is 0 Å². The Balaban J connectivity index is 2.32. The van der Waals surface area contributed by atoms with Crippen LogP contribution in [0.4, 0.5) is 0 Å². The van der Waals surface area contributed by atoms with Crippen molar-refractivity contribution in [1.82, 2.24) is 0 Å². The van der Waals surface area contributed by atoms with E-state index in [0.717, 1.165) is 25.1 Å². The van der Waals surface area contributed by atoms with Crippen LogP contribution in [0.2, 0.25) is 0 Å². The predicted octanol–water partition coefficient (Wildman–Crippen LogP) is 1.40. The lowest BCUT2D eigenvalue weighted by Crippen LogP contribution is -2.07. The van der Waals surface area contributed by atoms with Crippen LogP contribution in [-0.4, -0.2) is 23.1 Å². The number of nitrogens with zero attached hydrogens (tertiary/aromatic N) is 1. The summed E-state index contributed by atoms with van der Waals surface area (Å²) in [5.41, 5.74) is 1.35. The molecule has 3 heteroatoms. The molecule has 3 nitrogen and oxygen atoms in total. The summed E-state index contributed by atoms with van der Waals surface area (Å²) in [6, 6.07) is 0. The highest BCUT2D eigenvalue weighted by atomic mass is 16.3. The predicted molar refractivity (Wildman–Crippen MR) is 45.4 cm³/mol. The zero-order valence-electron chi connectivity index (χ0n) is 6.84. The molecule has 1 heterocycles. The normalized spacial score (nSPS) is 23.7. The minimum atomic E-state index is 0.0631. The van der Waals surface area contributed by atoms with Gasteiger partial charge >= 0.3 is 0 Å². The van der Waals surface area contributed by atoms with Crippen molar-refractivity contribution < 1.29 is 9.90 Å². The monoisotopic (exact) mass is 165 g/mol. The molecule has 0 aromatic rings. The molecule has 0 spiro atoms. The number of allylic oxidation sites excluding steroid dienone is 2. The number of rotatable bonds is 1. The van der Waals surface area contributed by atoms with E-state index in [1.807, 2.05) is 0 Å². The van der Waals surface area contributed by atoms with Gasteiger partial charge in [-0.3, -0.25) is 9.79 Å². The van der Waals surface area contributed by atoms with Crippen LogP contribution in [0.1, 0.15) is 25.7 Å². The van der Waals surface area contributed by atoms with Gasteiger partial charge in [-0.2, -0.15) is 0 Å². The van der Waals surface area contributed by atoms with Gasteiger partial charge in [0, 0.05) is 25.1 Å². The molecule has 2 aliphatic rings. The Bertz CT molecular complexity index is 289. The van der Waals surface area contributed by atoms with E-state index in [2.05, 4.69) is 4.99 Å². The average molecular weight is 165 g/mol. The molecule has 2 rings (SSSR count). The average Bonchev–Trinajstić information content (AvgIpc) is 2.61. The number of carbonyl (C=O) groups is 1. The molecule has 0 saturated carbocycles. The van der Waals surface area contributed by atoms with Crippen LogP contribution in [0.15, 0.2) is 16.3 Å². The van der Waals surface area contributed by atoms with Crippen molar-refractivity contribution in [1.29, 1.82) is 0 Å². The summed E-state index contributed by atoms with van der Waals surface area (Å²) < 4.78 is 0. The van der Waals surface area contributed by atoms with E-state index in [1.165, 1.54) is 0 Å². The Morgan fingerprint density at radius 2 is 2.08 bits per heavy atom. The number of carbonyl (C=O) groups excluding carboxylic acids is 1. The van der Waals surface area contributed by atoms with Crippen molar-refractivity contribution in [3.05, 3.63) is 11.3 Å². The van der Waals surface area contributed by atoms with E-state index in [-0.39, 0.29) is 11.5 Å². The largest absolute Gasteiger partial charge is 0.511 e. The van der Waals surface area contributed by atoms with Gasteiger partial charge in [-0.25, -0.2) is 0 Å². The van der Waals surface area contributed by atoms with Gasteiger partial charge < -0.3 is 5.11 Å². The van der Waals surface area contributed by atoms with Crippen LogP contribution in [0.3, 0.4) is 0 Å². The number of aliphatic hydroxyl groups is 1. The molecular weight excluding hydrogens is 154 g/mol. The third-order valence-corrected chi connectivity index (χ3v) is 2.32. The molecule has 1 aliphatic heterocycles. The third kappa shape index (κ3) is 1.05. The number of aliphatic hydroxyl groups excluding tert-OH is 1. The van der Waals surface area contributed by atoms with Crippen LogP contribution >= 0.6 is 0 Å². The van der Waals surface area contributed by atoms with Crippen LogP contribution in [-0.2, 0) is 4.79 Å². The first-order valence-corrected chi connectivity index (χ1v) is 4.28. The first-order chi connectivity index (χ1) is 5.79. The second-order valence-electron chi connectivity index (χ2n) is 3.18. The summed E-state index contributed by atoms with van der Waals surface area (Å²) in [5.74, 6) is 0.314. The lowest BCUT2D eigenvalue weighted by Gasteiger charge is -1.99. The van der Waals surface area contributed by atoms with E-state index in [4.69, 9.17) is 0 Å². The molecule has 0 aromatic heterocycles. The van der Waals surface area contributed by atoms with Gasteiger partial charge in [0.05, 0.1) is 5.57 Å². The van der Waals surface area contributed by atoms with Crippen molar-refractivity contribution in [2.24, 2.45) is 4.99 Å². The molecule has 0 radical (unpaired) electrons. The molecule has 0 aromatic carbocycles. The first kappa shape index (κ1) is 7.53. The van der Waals surface area contributed by atoms with Crippen molar-refractivity contribution in [2.75, 3.05) is 6.54 Å². The molecule has 1 aliphatic carbocycles. The molecule has 64 valence electrons. The van der Waals surface area contributed by atoms with E-state index < -0.39 is 0 Å². The standard InChI is InChI=1S/C9H11NO2/c11-7-3-4-8(12)9(7)6-2-1-5-10-6/h11H,1-5H2. The first-order valence-electron chi connectivity index (χ1n) is 4.28. The minimum absolute atomic E-state index is 0.0631. The van der Waals surface area contributed by atoms with Gasteiger partial charge in [-0.05, 0) is 12.8 Å². The zero-order valence-corrected chi connectivity index (χ0v) is 6.84. The Kier molecular flexibility index (Phi) is 1.71. The molecule has 0 bridgehead atoms. The molecule has 1 N–H and O–H groups in total. The summed E-state index contributed by atoms with van der Waals surface area (Å²) in [5, 5.41) is 9.40. The van der Waals surface area contributed by atoms with Crippen LogP contribution in [0.25, 0.3) is 0 Å². The highest BCUT2D eigenvalue weighted by Gasteiger charge is 2.27. The lowest BCUT2D eigenvalue weighted by molar-refractivity contribution is -0.114.